The number of carbonyl (C=O) groups excluding carboxylic acids is 1. The van der Waals surface area contributed by atoms with Crippen LogP contribution < -0.4 is 10.6 Å². The number of nitrogens with one attached hydrogen (secondary N) is 2. The van der Waals surface area contributed by atoms with Gasteiger partial charge >= 0.3 is 0 Å². The van der Waals surface area contributed by atoms with Gasteiger partial charge in [-0.1, -0.05) is 0 Å². The van der Waals surface area contributed by atoms with Gasteiger partial charge in [0.1, 0.15) is 5.01 Å². The molecule has 2 aromatic heterocycles. The van der Waals surface area contributed by atoms with Crippen LogP contribution in [0.3, 0.4) is 0 Å². The maximum absolute atomic E-state index is 12.8. The summed E-state index contributed by atoms with van der Waals surface area (Å²) < 4.78 is 1.78. The molecule has 0 radical (unpaired) electrons. The molecular formula is C16H23N5OS. The SMILES string of the molecule is Cc1cnc(C(C)(C)NC(=O)[C@H]2CNC[C@@H]2c2cnn(C)c2)s1. The van der Waals surface area contributed by atoms with Crippen LogP contribution in [0.15, 0.2) is 18.6 Å². The number of amides is 1. The summed E-state index contributed by atoms with van der Waals surface area (Å²) in [6, 6.07) is 0. The van der Waals surface area contributed by atoms with E-state index in [0.717, 1.165) is 22.0 Å². The highest BCUT2D eigenvalue weighted by atomic mass is 32.1. The lowest BCUT2D eigenvalue weighted by molar-refractivity contribution is -0.126. The average Bonchev–Trinajstić information content (AvgIpc) is 3.17. The molecule has 3 heterocycles. The number of rotatable bonds is 4. The lowest BCUT2D eigenvalue weighted by atomic mass is 9.89. The van der Waals surface area contributed by atoms with Crippen molar-refractivity contribution in [2.45, 2.75) is 32.2 Å². The molecule has 1 fully saturated rings. The number of hydrogen-bond acceptors (Lipinski definition) is 5. The van der Waals surface area contributed by atoms with E-state index >= 15 is 0 Å². The Bertz CT molecular complexity index is 705. The molecule has 3 rings (SSSR count). The van der Waals surface area contributed by atoms with E-state index in [1.165, 1.54) is 0 Å². The first kappa shape index (κ1) is 16.1. The van der Waals surface area contributed by atoms with Crippen molar-refractivity contribution in [3.8, 4) is 0 Å². The second-order valence-corrected chi connectivity index (χ2v) is 7.94. The summed E-state index contributed by atoms with van der Waals surface area (Å²) in [5.41, 5.74) is 0.651. The van der Waals surface area contributed by atoms with E-state index in [9.17, 15) is 4.79 Å². The molecule has 7 heteroatoms. The molecule has 1 saturated heterocycles. The van der Waals surface area contributed by atoms with Crippen molar-refractivity contribution < 1.29 is 4.79 Å². The fourth-order valence-corrected chi connectivity index (χ4v) is 3.86. The minimum absolute atomic E-state index is 0.0710. The fourth-order valence-electron chi connectivity index (χ4n) is 3.03. The predicted molar refractivity (Wildman–Crippen MR) is 90.3 cm³/mol. The zero-order valence-electron chi connectivity index (χ0n) is 14.0. The summed E-state index contributed by atoms with van der Waals surface area (Å²) >= 11 is 1.62. The van der Waals surface area contributed by atoms with Gasteiger partial charge in [-0.25, -0.2) is 4.98 Å². The molecule has 2 atom stereocenters. The van der Waals surface area contributed by atoms with Gasteiger partial charge in [0.25, 0.3) is 0 Å². The van der Waals surface area contributed by atoms with Crippen molar-refractivity contribution in [2.24, 2.45) is 13.0 Å². The van der Waals surface area contributed by atoms with Crippen LogP contribution in [0.2, 0.25) is 0 Å². The summed E-state index contributed by atoms with van der Waals surface area (Å²) in [4.78, 5) is 18.4. The first-order valence-corrected chi connectivity index (χ1v) is 8.62. The number of nitrogens with zero attached hydrogens (tertiary/aromatic N) is 3. The molecule has 1 aliphatic heterocycles. The van der Waals surface area contributed by atoms with Crippen LogP contribution in [-0.4, -0.2) is 33.8 Å². The second-order valence-electron chi connectivity index (χ2n) is 6.71. The molecule has 1 aliphatic rings. The lowest BCUT2D eigenvalue weighted by Gasteiger charge is -2.27. The average molecular weight is 333 g/mol. The Labute approximate surface area is 140 Å². The van der Waals surface area contributed by atoms with Gasteiger partial charge in [0.2, 0.25) is 5.91 Å². The first-order chi connectivity index (χ1) is 10.9. The fraction of sp³-hybridized carbons (Fsp3) is 0.562. The smallest absolute Gasteiger partial charge is 0.225 e. The van der Waals surface area contributed by atoms with E-state index in [4.69, 9.17) is 0 Å². The molecule has 0 bridgehead atoms. The van der Waals surface area contributed by atoms with E-state index in [2.05, 4.69) is 20.7 Å². The van der Waals surface area contributed by atoms with E-state index in [1.807, 2.05) is 46.4 Å². The topological polar surface area (TPSA) is 71.8 Å². The number of hydrogen-bond donors (Lipinski definition) is 2. The van der Waals surface area contributed by atoms with Crippen LogP contribution in [0.1, 0.15) is 35.2 Å². The molecule has 2 aromatic rings. The maximum Gasteiger partial charge on any atom is 0.225 e. The standard InChI is InChI=1S/C16H23N5OS/c1-10-5-18-15(23-10)16(2,3)20-14(22)13-8-17-7-12(13)11-6-19-21(4)9-11/h5-6,9,12-13,17H,7-8H2,1-4H3,(H,20,22)/t12-,13+/m1/s1. The number of carbonyl (C=O) groups is 1. The molecule has 0 unspecified atom stereocenters. The summed E-state index contributed by atoms with van der Waals surface area (Å²) in [6.07, 6.45) is 5.70. The minimum atomic E-state index is -0.460. The number of aromatic nitrogens is 3. The van der Waals surface area contributed by atoms with Crippen LogP contribution in [0, 0.1) is 12.8 Å². The molecule has 0 spiro atoms. The van der Waals surface area contributed by atoms with E-state index in [-0.39, 0.29) is 17.7 Å². The molecular weight excluding hydrogens is 310 g/mol. The Kier molecular flexibility index (Phi) is 4.25. The van der Waals surface area contributed by atoms with E-state index in [0.29, 0.717) is 6.54 Å². The highest BCUT2D eigenvalue weighted by Crippen LogP contribution is 2.30. The summed E-state index contributed by atoms with van der Waals surface area (Å²) in [6.45, 7) is 7.53. The van der Waals surface area contributed by atoms with Crippen molar-refractivity contribution >= 4 is 17.2 Å². The van der Waals surface area contributed by atoms with Gasteiger partial charge in [0.05, 0.1) is 17.7 Å². The normalized spacial score (nSPS) is 21.6. The number of aryl methyl sites for hydroxylation is 2. The first-order valence-electron chi connectivity index (χ1n) is 7.81. The van der Waals surface area contributed by atoms with Gasteiger partial charge in [-0.05, 0) is 26.3 Å². The Balaban J connectivity index is 1.74. The van der Waals surface area contributed by atoms with Crippen molar-refractivity contribution in [1.82, 2.24) is 25.4 Å². The van der Waals surface area contributed by atoms with Crippen molar-refractivity contribution in [1.29, 1.82) is 0 Å². The second kappa shape index (κ2) is 6.05. The quantitative estimate of drug-likeness (QED) is 0.890. The summed E-state index contributed by atoms with van der Waals surface area (Å²) in [5.74, 6) is 0.152. The predicted octanol–water partition coefficient (Wildman–Crippen LogP) is 1.54. The van der Waals surface area contributed by atoms with Gasteiger partial charge in [0.15, 0.2) is 0 Å². The van der Waals surface area contributed by atoms with Gasteiger partial charge in [-0.15, -0.1) is 11.3 Å². The Hall–Kier alpha value is -1.73. The third-order valence-electron chi connectivity index (χ3n) is 4.30. The highest BCUT2D eigenvalue weighted by molar-refractivity contribution is 7.11. The minimum Gasteiger partial charge on any atom is -0.344 e. The monoisotopic (exact) mass is 333 g/mol. The van der Waals surface area contributed by atoms with Gasteiger partial charge in [-0.2, -0.15) is 5.10 Å². The summed E-state index contributed by atoms with van der Waals surface area (Å²) in [7, 11) is 1.90. The third kappa shape index (κ3) is 3.30. The van der Waals surface area contributed by atoms with E-state index < -0.39 is 5.54 Å². The molecule has 1 amide bonds. The van der Waals surface area contributed by atoms with Gasteiger partial charge in [-0.3, -0.25) is 9.48 Å². The van der Waals surface area contributed by atoms with Crippen molar-refractivity contribution in [3.63, 3.8) is 0 Å². The maximum atomic E-state index is 12.8. The molecule has 0 aliphatic carbocycles. The Morgan fingerprint density at radius 1 is 1.43 bits per heavy atom. The molecule has 124 valence electrons. The van der Waals surface area contributed by atoms with Crippen LogP contribution in [0.25, 0.3) is 0 Å². The van der Waals surface area contributed by atoms with Crippen molar-refractivity contribution in [3.05, 3.63) is 34.0 Å². The van der Waals surface area contributed by atoms with Crippen molar-refractivity contribution in [2.75, 3.05) is 13.1 Å². The highest BCUT2D eigenvalue weighted by Gasteiger charge is 2.37. The zero-order chi connectivity index (χ0) is 16.6. The molecule has 0 aromatic carbocycles. The lowest BCUT2D eigenvalue weighted by Crippen LogP contribution is -2.45. The summed E-state index contributed by atoms with van der Waals surface area (Å²) in [5, 5.41) is 11.7. The molecule has 2 N–H and O–H groups in total. The largest absolute Gasteiger partial charge is 0.344 e. The number of thiazole rings is 1. The van der Waals surface area contributed by atoms with E-state index in [1.54, 1.807) is 16.0 Å². The van der Waals surface area contributed by atoms with Crippen LogP contribution >= 0.6 is 11.3 Å². The van der Waals surface area contributed by atoms with Gasteiger partial charge in [0, 0.05) is 43.3 Å². The molecule has 6 nitrogen and oxygen atoms in total. The Morgan fingerprint density at radius 2 is 2.22 bits per heavy atom. The van der Waals surface area contributed by atoms with Crippen LogP contribution in [0.5, 0.6) is 0 Å². The Morgan fingerprint density at radius 3 is 2.83 bits per heavy atom. The third-order valence-corrected chi connectivity index (χ3v) is 5.53. The van der Waals surface area contributed by atoms with Crippen LogP contribution in [-0.2, 0) is 17.4 Å². The molecule has 0 saturated carbocycles. The zero-order valence-corrected chi connectivity index (χ0v) is 14.8. The van der Waals surface area contributed by atoms with Gasteiger partial charge < -0.3 is 10.6 Å². The molecule has 23 heavy (non-hydrogen) atoms. The van der Waals surface area contributed by atoms with Crippen LogP contribution in [0.4, 0.5) is 0 Å².